The summed E-state index contributed by atoms with van der Waals surface area (Å²) in [5.74, 6) is -0.337. The zero-order chi connectivity index (χ0) is 17.3. The van der Waals surface area contributed by atoms with Crippen molar-refractivity contribution >= 4 is 33.0 Å². The van der Waals surface area contributed by atoms with Gasteiger partial charge in [-0.15, -0.1) is 0 Å². The molecule has 0 radical (unpaired) electrons. The summed E-state index contributed by atoms with van der Waals surface area (Å²) in [5.41, 5.74) is 3.52. The molecule has 0 saturated heterocycles. The van der Waals surface area contributed by atoms with Gasteiger partial charge in [0.2, 0.25) is 0 Å². The Morgan fingerprint density at radius 1 is 1.12 bits per heavy atom. The standard InChI is InChI=1S/C18H18ClNO3S/c1-24(22,23)17-11-13(9-10-15(17)19)18(21)20-16-8-4-6-12-5-2-3-7-14(12)16/h4,6,8-11H,2-3,5,7H2,1H3,(H,20,21). The van der Waals surface area contributed by atoms with Crippen LogP contribution in [-0.2, 0) is 22.7 Å². The van der Waals surface area contributed by atoms with Crippen LogP contribution in [0.25, 0.3) is 0 Å². The Labute approximate surface area is 146 Å². The highest BCUT2D eigenvalue weighted by molar-refractivity contribution is 7.90. The second-order valence-corrected chi connectivity index (χ2v) is 8.41. The Hall–Kier alpha value is -1.85. The number of benzene rings is 2. The molecule has 6 heteroatoms. The van der Waals surface area contributed by atoms with E-state index in [9.17, 15) is 13.2 Å². The highest BCUT2D eigenvalue weighted by atomic mass is 35.5. The number of aryl methyl sites for hydroxylation is 1. The zero-order valence-electron chi connectivity index (χ0n) is 13.3. The minimum atomic E-state index is -3.49. The molecule has 1 N–H and O–H groups in total. The number of rotatable bonds is 3. The molecule has 0 aliphatic heterocycles. The molecule has 0 atom stereocenters. The van der Waals surface area contributed by atoms with Crippen molar-refractivity contribution < 1.29 is 13.2 Å². The Balaban J connectivity index is 1.92. The first-order valence-electron chi connectivity index (χ1n) is 7.78. The molecule has 2 aromatic rings. The van der Waals surface area contributed by atoms with Gasteiger partial charge in [-0.25, -0.2) is 8.42 Å². The van der Waals surface area contributed by atoms with Gasteiger partial charge in [0, 0.05) is 17.5 Å². The van der Waals surface area contributed by atoms with Crippen LogP contribution in [0.4, 0.5) is 5.69 Å². The van der Waals surface area contributed by atoms with E-state index < -0.39 is 9.84 Å². The minimum Gasteiger partial charge on any atom is -0.322 e. The number of nitrogens with one attached hydrogen (secondary N) is 1. The van der Waals surface area contributed by atoms with Gasteiger partial charge in [-0.1, -0.05) is 23.7 Å². The molecule has 1 aliphatic rings. The summed E-state index contributed by atoms with van der Waals surface area (Å²) < 4.78 is 23.5. The third kappa shape index (κ3) is 3.47. The quantitative estimate of drug-likeness (QED) is 0.900. The molecule has 2 aromatic carbocycles. The fourth-order valence-corrected chi connectivity index (χ4v) is 4.32. The molecule has 3 rings (SSSR count). The number of amides is 1. The van der Waals surface area contributed by atoms with Crippen LogP contribution in [0, 0.1) is 0 Å². The summed E-state index contributed by atoms with van der Waals surface area (Å²) >= 11 is 5.93. The maximum absolute atomic E-state index is 12.5. The lowest BCUT2D eigenvalue weighted by Crippen LogP contribution is -2.16. The largest absolute Gasteiger partial charge is 0.322 e. The molecule has 0 unspecified atom stereocenters. The van der Waals surface area contributed by atoms with E-state index >= 15 is 0 Å². The number of sulfone groups is 1. The van der Waals surface area contributed by atoms with E-state index in [0.29, 0.717) is 0 Å². The van der Waals surface area contributed by atoms with E-state index in [0.717, 1.165) is 31.2 Å². The Kier molecular flexibility index (Phi) is 4.65. The van der Waals surface area contributed by atoms with Crippen molar-refractivity contribution in [3.05, 3.63) is 58.1 Å². The topological polar surface area (TPSA) is 63.2 Å². The summed E-state index contributed by atoms with van der Waals surface area (Å²) in [6.07, 6.45) is 5.32. The van der Waals surface area contributed by atoms with Crippen molar-refractivity contribution in [3.8, 4) is 0 Å². The van der Waals surface area contributed by atoms with E-state index in [1.807, 2.05) is 12.1 Å². The van der Waals surface area contributed by atoms with Crippen LogP contribution in [0.3, 0.4) is 0 Å². The van der Waals surface area contributed by atoms with E-state index in [4.69, 9.17) is 11.6 Å². The second-order valence-electron chi connectivity index (χ2n) is 6.02. The molecular formula is C18H18ClNO3S. The van der Waals surface area contributed by atoms with Crippen molar-refractivity contribution in [2.24, 2.45) is 0 Å². The first kappa shape index (κ1) is 17.0. The number of fused-ring (bicyclic) bond motifs is 1. The van der Waals surface area contributed by atoms with Crippen molar-refractivity contribution in [3.63, 3.8) is 0 Å². The lowest BCUT2D eigenvalue weighted by atomic mass is 9.90. The van der Waals surface area contributed by atoms with Gasteiger partial charge >= 0.3 is 0 Å². The van der Waals surface area contributed by atoms with Gasteiger partial charge in [0.15, 0.2) is 9.84 Å². The van der Waals surface area contributed by atoms with Gasteiger partial charge in [0.25, 0.3) is 5.91 Å². The minimum absolute atomic E-state index is 0.0353. The molecule has 0 saturated carbocycles. The van der Waals surface area contributed by atoms with Crippen LogP contribution in [0.5, 0.6) is 0 Å². The van der Waals surface area contributed by atoms with Crippen LogP contribution in [-0.4, -0.2) is 20.6 Å². The van der Waals surface area contributed by atoms with E-state index in [-0.39, 0.29) is 21.4 Å². The summed E-state index contributed by atoms with van der Waals surface area (Å²) in [7, 11) is -3.49. The third-order valence-electron chi connectivity index (χ3n) is 4.24. The van der Waals surface area contributed by atoms with Crippen LogP contribution in [0.2, 0.25) is 5.02 Å². The van der Waals surface area contributed by atoms with Crippen molar-refractivity contribution in [1.82, 2.24) is 0 Å². The number of hydrogen-bond acceptors (Lipinski definition) is 3. The van der Waals surface area contributed by atoms with Gasteiger partial charge in [-0.05, 0) is 61.1 Å². The van der Waals surface area contributed by atoms with Crippen LogP contribution >= 0.6 is 11.6 Å². The maximum atomic E-state index is 12.5. The van der Waals surface area contributed by atoms with Gasteiger partial charge in [0.05, 0.1) is 9.92 Å². The average Bonchev–Trinajstić information content (AvgIpc) is 2.54. The van der Waals surface area contributed by atoms with E-state index in [1.165, 1.54) is 35.7 Å². The van der Waals surface area contributed by atoms with Crippen molar-refractivity contribution in [2.75, 3.05) is 11.6 Å². The summed E-state index contributed by atoms with van der Waals surface area (Å²) in [6, 6.07) is 10.2. The molecule has 0 fully saturated rings. The Morgan fingerprint density at radius 2 is 1.88 bits per heavy atom. The lowest BCUT2D eigenvalue weighted by Gasteiger charge is -2.19. The number of anilines is 1. The fraction of sp³-hybridized carbons (Fsp3) is 0.278. The van der Waals surface area contributed by atoms with Crippen LogP contribution in [0.15, 0.2) is 41.3 Å². The molecule has 4 nitrogen and oxygen atoms in total. The van der Waals surface area contributed by atoms with Crippen LogP contribution in [0.1, 0.15) is 34.3 Å². The van der Waals surface area contributed by atoms with Gasteiger partial charge in [-0.3, -0.25) is 4.79 Å². The maximum Gasteiger partial charge on any atom is 0.255 e. The highest BCUT2D eigenvalue weighted by Crippen LogP contribution is 2.29. The van der Waals surface area contributed by atoms with Crippen molar-refractivity contribution in [2.45, 2.75) is 30.6 Å². The highest BCUT2D eigenvalue weighted by Gasteiger charge is 2.18. The molecule has 0 heterocycles. The van der Waals surface area contributed by atoms with Gasteiger partial charge in [0.1, 0.15) is 0 Å². The molecule has 0 bridgehead atoms. The molecule has 0 spiro atoms. The van der Waals surface area contributed by atoms with Crippen molar-refractivity contribution in [1.29, 1.82) is 0 Å². The first-order chi connectivity index (χ1) is 11.4. The number of halogens is 1. The number of hydrogen-bond donors (Lipinski definition) is 1. The monoisotopic (exact) mass is 363 g/mol. The summed E-state index contributed by atoms with van der Waals surface area (Å²) in [6.45, 7) is 0. The van der Waals surface area contributed by atoms with E-state index in [2.05, 4.69) is 11.4 Å². The summed E-state index contributed by atoms with van der Waals surface area (Å²) in [4.78, 5) is 12.5. The van der Waals surface area contributed by atoms with Gasteiger partial charge < -0.3 is 5.32 Å². The summed E-state index contributed by atoms with van der Waals surface area (Å²) in [5, 5.41) is 3.02. The van der Waals surface area contributed by atoms with Gasteiger partial charge in [-0.2, -0.15) is 0 Å². The number of carbonyl (C=O) groups is 1. The third-order valence-corrected chi connectivity index (χ3v) is 5.82. The van der Waals surface area contributed by atoms with Crippen LogP contribution < -0.4 is 5.32 Å². The molecular weight excluding hydrogens is 346 g/mol. The first-order valence-corrected chi connectivity index (χ1v) is 10.0. The SMILES string of the molecule is CS(=O)(=O)c1cc(C(=O)Nc2cccc3c2CCCC3)ccc1Cl. The van der Waals surface area contributed by atoms with E-state index in [1.54, 1.807) is 0 Å². The molecule has 126 valence electrons. The molecule has 0 aromatic heterocycles. The normalized spacial score (nSPS) is 14.1. The molecule has 1 amide bonds. The smallest absolute Gasteiger partial charge is 0.255 e. The molecule has 24 heavy (non-hydrogen) atoms. The average molecular weight is 364 g/mol. The second kappa shape index (κ2) is 6.57. The predicted octanol–water partition coefficient (Wildman–Crippen LogP) is 3.87. The number of carbonyl (C=O) groups excluding carboxylic acids is 1. The lowest BCUT2D eigenvalue weighted by molar-refractivity contribution is 0.102. The zero-order valence-corrected chi connectivity index (χ0v) is 14.9. The Bertz CT molecular complexity index is 906. The predicted molar refractivity (Wildman–Crippen MR) is 95.6 cm³/mol. The fourth-order valence-electron chi connectivity index (χ4n) is 3.02. The molecule has 1 aliphatic carbocycles. The Morgan fingerprint density at radius 3 is 2.62 bits per heavy atom.